The molecule has 0 atom stereocenters. The number of benzene rings is 1. The molecule has 1 N–H and O–H groups in total. The van der Waals surface area contributed by atoms with Crippen LogP contribution in [-0.2, 0) is 0 Å². The highest BCUT2D eigenvalue weighted by molar-refractivity contribution is 6.41. The summed E-state index contributed by atoms with van der Waals surface area (Å²) in [5.74, 6) is 1.21. The van der Waals surface area contributed by atoms with Crippen molar-refractivity contribution in [3.05, 3.63) is 44.5 Å². The number of nitrogens with zero attached hydrogens (tertiary/aromatic N) is 2. The molecule has 0 amide bonds. The van der Waals surface area contributed by atoms with E-state index in [4.69, 9.17) is 39.2 Å². The molecule has 0 aliphatic heterocycles. The van der Waals surface area contributed by atoms with E-state index in [1.54, 1.807) is 26.0 Å². The van der Waals surface area contributed by atoms with E-state index in [-0.39, 0.29) is 0 Å². The molecule has 0 aliphatic carbocycles. The van der Waals surface area contributed by atoms with Gasteiger partial charge >= 0.3 is 0 Å². The summed E-state index contributed by atoms with van der Waals surface area (Å²) in [7, 11) is 0. The molecule has 1 heterocycles. The van der Waals surface area contributed by atoms with Crippen molar-refractivity contribution in [2.24, 2.45) is 5.10 Å². The number of aryl methyl sites for hydroxylation is 2. The van der Waals surface area contributed by atoms with Crippen LogP contribution in [0.15, 0.2) is 21.7 Å². The molecule has 1 aromatic carbocycles. The van der Waals surface area contributed by atoms with Crippen molar-refractivity contribution in [1.29, 1.82) is 0 Å². The topological polar surface area (TPSA) is 50.4 Å². The molecule has 0 fully saturated rings. The van der Waals surface area contributed by atoms with Crippen LogP contribution in [0.4, 0.5) is 5.69 Å². The maximum Gasteiger partial charge on any atom is 0.192 e. The smallest absolute Gasteiger partial charge is 0.192 e. The highest BCUT2D eigenvalue weighted by Crippen LogP contribution is 2.33. The molecule has 20 heavy (non-hydrogen) atoms. The van der Waals surface area contributed by atoms with Crippen LogP contribution in [0.3, 0.4) is 0 Å². The summed E-state index contributed by atoms with van der Waals surface area (Å²) in [4.78, 5) is 4.19. The normalized spacial score (nSPS) is 11.8. The minimum atomic E-state index is 0.393. The lowest BCUT2D eigenvalue weighted by molar-refractivity contribution is 0.512. The van der Waals surface area contributed by atoms with Crippen molar-refractivity contribution < 1.29 is 4.42 Å². The molecule has 7 heteroatoms. The van der Waals surface area contributed by atoms with Crippen molar-refractivity contribution in [2.75, 3.05) is 5.43 Å². The van der Waals surface area contributed by atoms with Gasteiger partial charge in [-0.2, -0.15) is 5.10 Å². The number of nitrogens with one attached hydrogen (secondary N) is 1. The first-order chi connectivity index (χ1) is 9.38. The van der Waals surface area contributed by atoms with Gasteiger partial charge in [0.1, 0.15) is 5.71 Å². The molecular formula is C13H12Cl3N3O. The van der Waals surface area contributed by atoms with Crippen LogP contribution >= 0.6 is 34.8 Å². The Hall–Kier alpha value is -1.23. The summed E-state index contributed by atoms with van der Waals surface area (Å²) >= 11 is 18.0. The summed E-state index contributed by atoms with van der Waals surface area (Å²) in [6, 6.07) is 3.18. The highest BCUT2D eigenvalue weighted by Gasteiger charge is 2.11. The van der Waals surface area contributed by atoms with E-state index < -0.39 is 0 Å². The van der Waals surface area contributed by atoms with Crippen LogP contribution in [0.5, 0.6) is 0 Å². The molecule has 0 unspecified atom stereocenters. The van der Waals surface area contributed by atoms with Gasteiger partial charge in [-0.3, -0.25) is 5.43 Å². The van der Waals surface area contributed by atoms with Crippen LogP contribution in [0.2, 0.25) is 15.1 Å². The molecule has 0 bridgehead atoms. The fourth-order valence-corrected chi connectivity index (χ4v) is 2.61. The van der Waals surface area contributed by atoms with Crippen molar-refractivity contribution in [3.63, 3.8) is 0 Å². The Kier molecular flexibility index (Phi) is 4.58. The average molecular weight is 333 g/mol. The molecule has 0 saturated carbocycles. The lowest BCUT2D eigenvalue weighted by Gasteiger charge is -2.07. The van der Waals surface area contributed by atoms with E-state index in [9.17, 15) is 0 Å². The molecule has 106 valence electrons. The number of hydrogen-bond acceptors (Lipinski definition) is 4. The number of hydrazone groups is 1. The Morgan fingerprint density at radius 1 is 1.20 bits per heavy atom. The van der Waals surface area contributed by atoms with E-state index in [0.29, 0.717) is 38.1 Å². The second kappa shape index (κ2) is 6.04. The molecule has 2 aromatic rings. The number of aromatic nitrogens is 1. The Bertz CT molecular complexity index is 656. The molecule has 0 aliphatic rings. The third-order valence-corrected chi connectivity index (χ3v) is 3.39. The molecule has 0 radical (unpaired) electrons. The zero-order chi connectivity index (χ0) is 14.9. The summed E-state index contributed by atoms with van der Waals surface area (Å²) in [5, 5.41) is 5.46. The highest BCUT2D eigenvalue weighted by atomic mass is 35.5. The molecule has 2 rings (SSSR count). The monoisotopic (exact) mass is 331 g/mol. The summed E-state index contributed by atoms with van der Waals surface area (Å²) in [6.07, 6.45) is 0. The summed E-state index contributed by atoms with van der Waals surface area (Å²) in [5.41, 5.74) is 4.73. The van der Waals surface area contributed by atoms with Crippen molar-refractivity contribution in [3.8, 4) is 0 Å². The van der Waals surface area contributed by atoms with Crippen molar-refractivity contribution in [2.45, 2.75) is 20.8 Å². The van der Waals surface area contributed by atoms with Crippen LogP contribution in [0.25, 0.3) is 0 Å². The van der Waals surface area contributed by atoms with E-state index in [1.165, 1.54) is 0 Å². The number of rotatable bonds is 3. The Morgan fingerprint density at radius 3 is 2.30 bits per heavy atom. The van der Waals surface area contributed by atoms with Gasteiger partial charge in [0, 0.05) is 11.9 Å². The van der Waals surface area contributed by atoms with Gasteiger partial charge in [0.15, 0.2) is 11.7 Å². The van der Waals surface area contributed by atoms with Gasteiger partial charge in [0.2, 0.25) is 0 Å². The average Bonchev–Trinajstić information content (AvgIpc) is 2.66. The maximum atomic E-state index is 6.06. The van der Waals surface area contributed by atoms with Crippen LogP contribution in [0.1, 0.15) is 24.3 Å². The zero-order valence-corrected chi connectivity index (χ0v) is 13.4. The van der Waals surface area contributed by atoms with Gasteiger partial charge in [-0.05, 0) is 26.0 Å². The molecule has 1 aromatic heterocycles. The lowest BCUT2D eigenvalue weighted by Crippen LogP contribution is -2.01. The number of oxazole rings is 1. The first-order valence-electron chi connectivity index (χ1n) is 5.77. The minimum Gasteiger partial charge on any atom is -0.439 e. The Morgan fingerprint density at radius 2 is 1.80 bits per heavy atom. The first kappa shape index (κ1) is 15.2. The van der Waals surface area contributed by atoms with Gasteiger partial charge in [-0.25, -0.2) is 4.98 Å². The van der Waals surface area contributed by atoms with Crippen molar-refractivity contribution in [1.82, 2.24) is 4.98 Å². The van der Waals surface area contributed by atoms with Crippen molar-refractivity contribution >= 4 is 46.2 Å². The van der Waals surface area contributed by atoms with Gasteiger partial charge in [0.05, 0.1) is 21.4 Å². The molecule has 4 nitrogen and oxygen atoms in total. The van der Waals surface area contributed by atoms with E-state index >= 15 is 0 Å². The predicted octanol–water partition coefficient (Wildman–Crippen LogP) is 5.09. The second-order valence-corrected chi connectivity index (χ2v) is 5.45. The second-order valence-electron chi connectivity index (χ2n) is 4.20. The van der Waals surface area contributed by atoms with E-state index in [0.717, 1.165) is 5.69 Å². The largest absolute Gasteiger partial charge is 0.439 e. The molecule has 0 spiro atoms. The van der Waals surface area contributed by atoms with Crippen LogP contribution in [0, 0.1) is 13.8 Å². The lowest BCUT2D eigenvalue weighted by atomic mass is 10.3. The zero-order valence-electron chi connectivity index (χ0n) is 11.1. The number of hydrogen-bond donors (Lipinski definition) is 1. The van der Waals surface area contributed by atoms with Gasteiger partial charge in [0.25, 0.3) is 0 Å². The van der Waals surface area contributed by atoms with Gasteiger partial charge < -0.3 is 4.42 Å². The van der Waals surface area contributed by atoms with E-state index in [1.807, 2.05) is 6.92 Å². The summed E-state index contributed by atoms with van der Waals surface area (Å²) < 4.78 is 5.48. The minimum absolute atomic E-state index is 0.393. The van der Waals surface area contributed by atoms with E-state index in [2.05, 4.69) is 15.5 Å². The van der Waals surface area contributed by atoms with Gasteiger partial charge in [-0.1, -0.05) is 34.8 Å². The third kappa shape index (κ3) is 3.26. The SMILES string of the molecule is CC(=NNc1c(Cl)cc(Cl)cc1Cl)c1oc(C)nc1C. The Labute approximate surface area is 131 Å². The fraction of sp³-hybridized carbons (Fsp3) is 0.231. The number of anilines is 1. The molecular weight excluding hydrogens is 321 g/mol. The van der Waals surface area contributed by atoms with Crippen LogP contribution in [-0.4, -0.2) is 10.7 Å². The predicted molar refractivity (Wildman–Crippen MR) is 83.3 cm³/mol. The van der Waals surface area contributed by atoms with Gasteiger partial charge in [-0.15, -0.1) is 0 Å². The third-order valence-electron chi connectivity index (χ3n) is 2.57. The number of halogens is 3. The van der Waals surface area contributed by atoms with Crippen LogP contribution < -0.4 is 5.43 Å². The standard InChI is InChI=1S/C13H12Cl3N3O/c1-6-13(20-8(3)17-6)7(2)18-19-12-10(15)4-9(14)5-11(12)16/h4-5,19H,1-3H3. The first-order valence-corrected chi connectivity index (χ1v) is 6.91. The fourth-order valence-electron chi connectivity index (χ4n) is 1.71. The Balaban J connectivity index is 2.27. The maximum absolute atomic E-state index is 6.06. The summed E-state index contributed by atoms with van der Waals surface area (Å²) in [6.45, 7) is 5.44. The quantitative estimate of drug-likeness (QED) is 0.629. The molecule has 0 saturated heterocycles.